The number of allylic oxidation sites excluding steroid dienone is 3. The number of ether oxygens (including phenoxy) is 4. The molecule has 0 saturated carbocycles. The minimum absolute atomic E-state index is 0.0956. The van der Waals surface area contributed by atoms with Gasteiger partial charge in [0.2, 0.25) is 0 Å². The topological polar surface area (TPSA) is 199 Å². The summed E-state index contributed by atoms with van der Waals surface area (Å²) in [6, 6.07) is 0. The van der Waals surface area contributed by atoms with E-state index in [9.17, 15) is 35.7 Å². The van der Waals surface area contributed by atoms with Gasteiger partial charge in [0.25, 0.3) is 0 Å². The maximum Gasteiger partial charge on any atom is 0.187 e. The standard InChI is InChI=1S/C25H36O12/c26-12-9-7-5-3-1-2-4-6-8-10-16(11-13-27)35-25-23(21(32)20(31)18(14-28)36-25)37-24-22(33)19(30)17(29)15-34-24/h4,6-7,9,16-33H,8,10-15H2/b6-4+,9-7+/t16?,17-,18+,19-,20+,21-,22+,23+,24-,25?/m1/s1. The smallest absolute Gasteiger partial charge is 0.187 e. The third-order valence-electron chi connectivity index (χ3n) is 5.72. The summed E-state index contributed by atoms with van der Waals surface area (Å²) in [4.78, 5) is 0. The van der Waals surface area contributed by atoms with Gasteiger partial charge in [-0.1, -0.05) is 24.0 Å². The van der Waals surface area contributed by atoms with Crippen LogP contribution in [0.1, 0.15) is 19.3 Å². The first-order chi connectivity index (χ1) is 17.8. The van der Waals surface area contributed by atoms with Crippen molar-refractivity contribution >= 4 is 0 Å². The molecule has 0 radical (unpaired) electrons. The van der Waals surface area contributed by atoms with E-state index in [1.54, 1.807) is 12.2 Å². The van der Waals surface area contributed by atoms with Crippen LogP contribution >= 0.6 is 0 Å². The van der Waals surface area contributed by atoms with Gasteiger partial charge >= 0.3 is 0 Å². The molecule has 0 aromatic rings. The Kier molecular flexibility index (Phi) is 14.3. The van der Waals surface area contributed by atoms with Crippen LogP contribution in [-0.2, 0) is 18.9 Å². The maximum atomic E-state index is 10.7. The summed E-state index contributed by atoms with van der Waals surface area (Å²) >= 11 is 0. The number of rotatable bonds is 11. The van der Waals surface area contributed by atoms with Gasteiger partial charge in [-0.05, 0) is 43.3 Å². The van der Waals surface area contributed by atoms with E-state index in [-0.39, 0.29) is 26.2 Å². The molecule has 0 spiro atoms. The van der Waals surface area contributed by atoms with Crippen LogP contribution in [-0.4, -0.2) is 129 Å². The molecule has 2 heterocycles. The second kappa shape index (κ2) is 16.9. The fourth-order valence-electron chi connectivity index (χ4n) is 3.67. The highest BCUT2D eigenvalue weighted by Gasteiger charge is 2.49. The van der Waals surface area contributed by atoms with Crippen molar-refractivity contribution in [3.8, 4) is 23.7 Å². The van der Waals surface area contributed by atoms with Crippen molar-refractivity contribution in [3.05, 3.63) is 24.3 Å². The zero-order valence-electron chi connectivity index (χ0n) is 20.2. The van der Waals surface area contributed by atoms with E-state index in [2.05, 4.69) is 23.7 Å². The summed E-state index contributed by atoms with van der Waals surface area (Å²) in [5, 5.41) is 78.4. The van der Waals surface area contributed by atoms with Gasteiger partial charge in [-0.3, -0.25) is 0 Å². The quantitative estimate of drug-likeness (QED) is 0.126. The van der Waals surface area contributed by atoms with Crippen LogP contribution in [0.25, 0.3) is 0 Å². The normalized spacial score (nSPS) is 35.1. The van der Waals surface area contributed by atoms with Crippen molar-refractivity contribution in [2.75, 3.05) is 26.4 Å². The number of aliphatic hydroxyl groups excluding tert-OH is 8. The lowest BCUT2D eigenvalue weighted by Crippen LogP contribution is -2.63. The van der Waals surface area contributed by atoms with Gasteiger partial charge in [0.15, 0.2) is 12.6 Å². The van der Waals surface area contributed by atoms with Gasteiger partial charge in [-0.15, -0.1) is 0 Å². The fourth-order valence-corrected chi connectivity index (χ4v) is 3.67. The summed E-state index contributed by atoms with van der Waals surface area (Å²) in [5.41, 5.74) is 0. The molecule has 0 bridgehead atoms. The van der Waals surface area contributed by atoms with E-state index in [1.807, 2.05) is 0 Å². The zero-order chi connectivity index (χ0) is 27.2. The number of hydrogen-bond acceptors (Lipinski definition) is 12. The van der Waals surface area contributed by atoms with Crippen molar-refractivity contribution in [2.45, 2.75) is 80.7 Å². The molecule has 8 N–H and O–H groups in total. The molecule has 2 aliphatic rings. The van der Waals surface area contributed by atoms with Crippen molar-refractivity contribution in [2.24, 2.45) is 0 Å². The van der Waals surface area contributed by atoms with Gasteiger partial charge in [-0.25, -0.2) is 0 Å². The van der Waals surface area contributed by atoms with Crippen molar-refractivity contribution < 1.29 is 59.8 Å². The van der Waals surface area contributed by atoms with Crippen LogP contribution in [0.15, 0.2) is 24.3 Å². The molecule has 12 heteroatoms. The largest absolute Gasteiger partial charge is 0.396 e. The van der Waals surface area contributed by atoms with Crippen molar-refractivity contribution in [3.63, 3.8) is 0 Å². The molecule has 37 heavy (non-hydrogen) atoms. The van der Waals surface area contributed by atoms with Crippen LogP contribution in [0.3, 0.4) is 0 Å². The molecule has 2 unspecified atom stereocenters. The number of hydrogen-bond donors (Lipinski definition) is 8. The van der Waals surface area contributed by atoms with E-state index in [0.29, 0.717) is 12.8 Å². The molecule has 2 saturated heterocycles. The Morgan fingerprint density at radius 3 is 2.19 bits per heavy atom. The molecule has 0 amide bonds. The highest BCUT2D eigenvalue weighted by molar-refractivity contribution is 5.33. The van der Waals surface area contributed by atoms with Gasteiger partial charge in [0.1, 0.15) is 42.7 Å². The second-order valence-electron chi connectivity index (χ2n) is 8.43. The molecular formula is C25H36O12. The molecule has 2 fully saturated rings. The average Bonchev–Trinajstić information content (AvgIpc) is 2.89. The summed E-state index contributed by atoms with van der Waals surface area (Å²) in [6.45, 7) is -1.27. The summed E-state index contributed by atoms with van der Waals surface area (Å²) in [5.74, 6) is 10.6. The van der Waals surface area contributed by atoms with Crippen LogP contribution < -0.4 is 0 Å². The third-order valence-corrected chi connectivity index (χ3v) is 5.72. The lowest BCUT2D eigenvalue weighted by atomic mass is 9.98. The van der Waals surface area contributed by atoms with Crippen LogP contribution in [0.5, 0.6) is 0 Å². The van der Waals surface area contributed by atoms with Gasteiger partial charge in [0, 0.05) is 6.61 Å². The lowest BCUT2D eigenvalue weighted by Gasteiger charge is -2.45. The van der Waals surface area contributed by atoms with Crippen molar-refractivity contribution in [1.29, 1.82) is 0 Å². The predicted octanol–water partition coefficient (Wildman–Crippen LogP) is -3.09. The first-order valence-corrected chi connectivity index (χ1v) is 12.0. The van der Waals surface area contributed by atoms with Crippen LogP contribution in [0, 0.1) is 23.7 Å². The van der Waals surface area contributed by atoms with E-state index in [1.165, 1.54) is 12.2 Å². The van der Waals surface area contributed by atoms with E-state index < -0.39 is 68.0 Å². The Hall–Kier alpha value is -1.88. The summed E-state index contributed by atoms with van der Waals surface area (Å²) in [6.07, 6.45) is -6.24. The molecular weight excluding hydrogens is 492 g/mol. The minimum atomic E-state index is -1.65. The minimum Gasteiger partial charge on any atom is -0.396 e. The summed E-state index contributed by atoms with van der Waals surface area (Å²) < 4.78 is 22.4. The molecule has 2 aliphatic heterocycles. The van der Waals surface area contributed by atoms with Crippen molar-refractivity contribution in [1.82, 2.24) is 0 Å². The highest BCUT2D eigenvalue weighted by atomic mass is 16.8. The first-order valence-electron chi connectivity index (χ1n) is 12.0. The molecule has 0 aliphatic carbocycles. The Bertz CT molecular complexity index is 840. The first kappa shape index (κ1) is 31.3. The fraction of sp³-hybridized carbons (Fsp3) is 0.680. The molecule has 10 atom stereocenters. The molecule has 208 valence electrons. The van der Waals surface area contributed by atoms with Gasteiger partial charge < -0.3 is 59.8 Å². The average molecular weight is 529 g/mol. The Labute approximate surface area is 215 Å². The van der Waals surface area contributed by atoms with E-state index >= 15 is 0 Å². The second-order valence-corrected chi connectivity index (χ2v) is 8.43. The van der Waals surface area contributed by atoms with Crippen LogP contribution in [0.4, 0.5) is 0 Å². The highest BCUT2D eigenvalue weighted by Crippen LogP contribution is 2.29. The Balaban J connectivity index is 2.04. The van der Waals surface area contributed by atoms with E-state index in [0.717, 1.165) is 0 Å². The molecule has 0 aromatic carbocycles. The molecule has 0 aromatic heterocycles. The lowest BCUT2D eigenvalue weighted by molar-refractivity contribution is -0.362. The monoisotopic (exact) mass is 528 g/mol. The molecule has 12 nitrogen and oxygen atoms in total. The third kappa shape index (κ3) is 9.74. The maximum absolute atomic E-state index is 10.7. The number of aliphatic hydroxyl groups is 8. The Morgan fingerprint density at radius 2 is 1.54 bits per heavy atom. The predicted molar refractivity (Wildman–Crippen MR) is 127 cm³/mol. The van der Waals surface area contributed by atoms with Gasteiger partial charge in [0.05, 0.1) is 25.9 Å². The Morgan fingerprint density at radius 1 is 0.838 bits per heavy atom. The molecule has 2 rings (SSSR count). The van der Waals surface area contributed by atoms with Crippen LogP contribution in [0.2, 0.25) is 0 Å². The van der Waals surface area contributed by atoms with E-state index in [4.69, 9.17) is 24.1 Å². The zero-order valence-corrected chi connectivity index (χ0v) is 20.2. The van der Waals surface area contributed by atoms with Gasteiger partial charge in [-0.2, -0.15) is 0 Å². The summed E-state index contributed by atoms with van der Waals surface area (Å²) in [7, 11) is 0. The SMILES string of the molecule is OC/C=C/C#CC#C/C=C/CCC(CCO)OC1O[C@@H](CO)[C@H](O)[C@@H](O)[C@@H]1O[C@H]1OC[C@@H](O)[C@@H](O)[C@@H]1O.